The lowest BCUT2D eigenvalue weighted by molar-refractivity contribution is -0.134. The van der Waals surface area contributed by atoms with Gasteiger partial charge in [-0.1, -0.05) is 6.92 Å². The van der Waals surface area contributed by atoms with Crippen molar-refractivity contribution in [3.05, 3.63) is 22.8 Å². The molecule has 0 amide bonds. The van der Waals surface area contributed by atoms with Gasteiger partial charge in [-0.25, -0.2) is 9.97 Å². The molecule has 19 heavy (non-hydrogen) atoms. The molecular formula is C13H20F3N3. The monoisotopic (exact) mass is 275 g/mol. The number of nitrogens with zero attached hydrogens (tertiary/aromatic N) is 2. The van der Waals surface area contributed by atoms with Crippen molar-refractivity contribution in [3.63, 3.8) is 0 Å². The van der Waals surface area contributed by atoms with Crippen LogP contribution in [0.4, 0.5) is 13.2 Å². The van der Waals surface area contributed by atoms with Crippen LogP contribution in [0.3, 0.4) is 0 Å². The summed E-state index contributed by atoms with van der Waals surface area (Å²) >= 11 is 0. The van der Waals surface area contributed by atoms with Gasteiger partial charge in [0.15, 0.2) is 0 Å². The minimum absolute atomic E-state index is 0.169. The molecule has 0 aromatic carbocycles. The van der Waals surface area contributed by atoms with Gasteiger partial charge in [-0.3, -0.25) is 0 Å². The van der Waals surface area contributed by atoms with Gasteiger partial charge in [-0.2, -0.15) is 13.2 Å². The van der Waals surface area contributed by atoms with Gasteiger partial charge >= 0.3 is 6.18 Å². The third-order valence-corrected chi connectivity index (χ3v) is 3.05. The van der Waals surface area contributed by atoms with Gasteiger partial charge in [-0.15, -0.1) is 0 Å². The summed E-state index contributed by atoms with van der Waals surface area (Å²) in [4.78, 5) is 8.34. The highest BCUT2D eigenvalue weighted by molar-refractivity contribution is 5.25. The number of alkyl halides is 3. The molecule has 0 radical (unpaired) electrons. The van der Waals surface area contributed by atoms with Gasteiger partial charge < -0.3 is 5.73 Å². The summed E-state index contributed by atoms with van der Waals surface area (Å²) in [5.41, 5.74) is 8.08. The van der Waals surface area contributed by atoms with Crippen molar-refractivity contribution < 1.29 is 13.2 Å². The molecule has 1 unspecified atom stereocenters. The van der Waals surface area contributed by atoms with Crippen LogP contribution in [0.5, 0.6) is 0 Å². The second-order valence-corrected chi connectivity index (χ2v) is 4.95. The quantitative estimate of drug-likeness (QED) is 0.899. The number of aromatic nitrogens is 2. The Hall–Kier alpha value is -1.17. The number of aryl methyl sites for hydroxylation is 3. The van der Waals surface area contributed by atoms with E-state index in [2.05, 4.69) is 9.97 Å². The van der Waals surface area contributed by atoms with E-state index in [4.69, 9.17) is 5.73 Å². The second-order valence-electron chi connectivity index (χ2n) is 4.95. The molecule has 0 bridgehead atoms. The van der Waals surface area contributed by atoms with Gasteiger partial charge in [0.2, 0.25) is 0 Å². The molecule has 0 aliphatic carbocycles. The zero-order chi connectivity index (χ0) is 14.6. The van der Waals surface area contributed by atoms with Crippen molar-refractivity contribution in [3.8, 4) is 0 Å². The van der Waals surface area contributed by atoms with Gasteiger partial charge in [0.1, 0.15) is 5.82 Å². The van der Waals surface area contributed by atoms with Crippen LogP contribution in [-0.4, -0.2) is 22.7 Å². The van der Waals surface area contributed by atoms with E-state index in [0.717, 1.165) is 23.4 Å². The second kappa shape index (κ2) is 6.32. The third kappa shape index (κ3) is 5.14. The summed E-state index contributed by atoms with van der Waals surface area (Å²) in [5, 5.41) is 0. The number of halogens is 3. The summed E-state index contributed by atoms with van der Waals surface area (Å²) in [7, 11) is 0. The first kappa shape index (κ1) is 15.9. The molecule has 0 aliphatic rings. The molecule has 1 atom stereocenters. The molecule has 0 fully saturated rings. The van der Waals surface area contributed by atoms with Crippen LogP contribution in [0, 0.1) is 19.8 Å². The van der Waals surface area contributed by atoms with Crippen molar-refractivity contribution in [2.45, 2.75) is 46.2 Å². The highest BCUT2D eigenvalue weighted by atomic mass is 19.4. The largest absolute Gasteiger partial charge is 0.389 e. The van der Waals surface area contributed by atoms with E-state index in [0.29, 0.717) is 12.5 Å². The molecule has 0 aliphatic heterocycles. The average molecular weight is 275 g/mol. The first-order valence-corrected chi connectivity index (χ1v) is 6.32. The summed E-state index contributed by atoms with van der Waals surface area (Å²) in [6.45, 7) is 6.21. The summed E-state index contributed by atoms with van der Waals surface area (Å²) in [6, 6.07) is 0. The SMILES string of the molecule is Cc1nc(CCC(F)(F)F)nc(C)c1CC(C)CN. The van der Waals surface area contributed by atoms with E-state index >= 15 is 0 Å². The van der Waals surface area contributed by atoms with E-state index in [1.165, 1.54) is 0 Å². The number of hydrogen-bond acceptors (Lipinski definition) is 3. The number of nitrogens with two attached hydrogens (primary N) is 1. The van der Waals surface area contributed by atoms with Crippen molar-refractivity contribution >= 4 is 0 Å². The van der Waals surface area contributed by atoms with E-state index in [9.17, 15) is 13.2 Å². The Kier molecular flexibility index (Phi) is 5.29. The molecule has 1 aromatic heterocycles. The van der Waals surface area contributed by atoms with Crippen molar-refractivity contribution in [1.82, 2.24) is 9.97 Å². The molecule has 1 rings (SSSR count). The fourth-order valence-corrected chi connectivity index (χ4v) is 1.90. The molecular weight excluding hydrogens is 255 g/mol. The van der Waals surface area contributed by atoms with Crippen LogP contribution in [-0.2, 0) is 12.8 Å². The minimum Gasteiger partial charge on any atom is -0.330 e. The van der Waals surface area contributed by atoms with Crippen LogP contribution in [0.2, 0.25) is 0 Å². The van der Waals surface area contributed by atoms with Crippen molar-refractivity contribution in [2.75, 3.05) is 6.54 Å². The molecule has 0 saturated heterocycles. The topological polar surface area (TPSA) is 51.8 Å². The van der Waals surface area contributed by atoms with Gasteiger partial charge in [-0.05, 0) is 38.3 Å². The first-order chi connectivity index (χ1) is 8.73. The predicted molar refractivity (Wildman–Crippen MR) is 67.8 cm³/mol. The van der Waals surface area contributed by atoms with Crippen LogP contribution >= 0.6 is 0 Å². The third-order valence-electron chi connectivity index (χ3n) is 3.05. The predicted octanol–water partition coefficient (Wildman–Crippen LogP) is 2.73. The summed E-state index contributed by atoms with van der Waals surface area (Å²) < 4.78 is 36.5. The summed E-state index contributed by atoms with van der Waals surface area (Å²) in [5.74, 6) is 0.568. The normalized spacial score (nSPS) is 13.6. The van der Waals surface area contributed by atoms with E-state index in [1.807, 2.05) is 20.8 Å². The molecule has 108 valence electrons. The maximum atomic E-state index is 12.2. The lowest BCUT2D eigenvalue weighted by atomic mass is 9.99. The lowest BCUT2D eigenvalue weighted by Gasteiger charge is -2.14. The maximum Gasteiger partial charge on any atom is 0.389 e. The highest BCUT2D eigenvalue weighted by Gasteiger charge is 2.27. The van der Waals surface area contributed by atoms with Crippen LogP contribution < -0.4 is 5.73 Å². The summed E-state index contributed by atoms with van der Waals surface area (Å²) in [6.07, 6.45) is -4.46. The molecule has 0 spiro atoms. The van der Waals surface area contributed by atoms with Crippen molar-refractivity contribution in [1.29, 1.82) is 0 Å². The Morgan fingerprint density at radius 3 is 2.11 bits per heavy atom. The average Bonchev–Trinajstić information content (AvgIpc) is 2.30. The van der Waals surface area contributed by atoms with Crippen LogP contribution in [0.25, 0.3) is 0 Å². The number of hydrogen-bond donors (Lipinski definition) is 1. The minimum atomic E-state index is -4.17. The maximum absolute atomic E-state index is 12.2. The fraction of sp³-hybridized carbons (Fsp3) is 0.692. The Balaban J connectivity index is 2.84. The smallest absolute Gasteiger partial charge is 0.330 e. The molecule has 6 heteroatoms. The van der Waals surface area contributed by atoms with Crippen LogP contribution in [0.1, 0.15) is 36.1 Å². The van der Waals surface area contributed by atoms with Crippen molar-refractivity contribution in [2.24, 2.45) is 11.7 Å². The van der Waals surface area contributed by atoms with E-state index in [1.54, 1.807) is 0 Å². The molecule has 0 saturated carbocycles. The molecule has 3 nitrogen and oxygen atoms in total. The van der Waals surface area contributed by atoms with Gasteiger partial charge in [0.05, 0.1) is 6.42 Å². The van der Waals surface area contributed by atoms with E-state index in [-0.39, 0.29) is 12.2 Å². The number of rotatable bonds is 5. The fourth-order valence-electron chi connectivity index (χ4n) is 1.90. The zero-order valence-electron chi connectivity index (χ0n) is 11.5. The Bertz CT molecular complexity index is 407. The molecule has 2 N–H and O–H groups in total. The van der Waals surface area contributed by atoms with Gasteiger partial charge in [0, 0.05) is 17.8 Å². The molecule has 1 aromatic rings. The highest BCUT2D eigenvalue weighted by Crippen LogP contribution is 2.22. The standard InChI is InChI=1S/C13H20F3N3/c1-8(7-17)6-11-9(2)18-12(19-10(11)3)4-5-13(14,15)16/h8H,4-7,17H2,1-3H3. The Morgan fingerprint density at radius 1 is 1.16 bits per heavy atom. The molecule has 1 heterocycles. The van der Waals surface area contributed by atoms with E-state index < -0.39 is 12.6 Å². The van der Waals surface area contributed by atoms with Gasteiger partial charge in [0.25, 0.3) is 0 Å². The van der Waals surface area contributed by atoms with Crippen LogP contribution in [0.15, 0.2) is 0 Å². The lowest BCUT2D eigenvalue weighted by Crippen LogP contribution is -2.16. The first-order valence-electron chi connectivity index (χ1n) is 6.32. The Morgan fingerprint density at radius 2 is 1.68 bits per heavy atom. The Labute approximate surface area is 111 Å². The zero-order valence-corrected chi connectivity index (χ0v) is 11.5.